The molecule has 0 rings (SSSR count). The molecular weight excluding hydrogens is 234 g/mol. The van der Waals surface area contributed by atoms with E-state index in [1.807, 2.05) is 0 Å². The van der Waals surface area contributed by atoms with Crippen molar-refractivity contribution in [3.05, 3.63) is 0 Å². The Morgan fingerprint density at radius 3 is 2.35 bits per heavy atom. The third kappa shape index (κ3) is 6.68. The van der Waals surface area contributed by atoms with Crippen LogP contribution < -0.4 is 5.32 Å². The van der Waals surface area contributed by atoms with Crippen LogP contribution in [0.4, 0.5) is 4.79 Å². The fraction of sp³-hybridized carbons (Fsp3) is 0.917. The molecule has 0 aliphatic rings. The quantitative estimate of drug-likeness (QED) is 0.721. The zero-order valence-electron chi connectivity index (χ0n) is 12.0. The second-order valence-corrected chi connectivity index (χ2v) is 11.0. The molecule has 1 unspecified atom stereocenters. The standard InChI is InChI=1S/C12H27NO3Si/c1-10(7-8-13-11(14)15)9-16-17(5,6)12(2,3)4/h10,13H,7-9H2,1-6H3,(H,14,15). The Morgan fingerprint density at radius 1 is 1.41 bits per heavy atom. The molecule has 0 heterocycles. The first-order chi connectivity index (χ1) is 7.56. The van der Waals surface area contributed by atoms with Gasteiger partial charge in [0.05, 0.1) is 0 Å². The Morgan fingerprint density at radius 2 is 1.94 bits per heavy atom. The van der Waals surface area contributed by atoms with E-state index in [9.17, 15) is 4.79 Å². The van der Waals surface area contributed by atoms with E-state index in [-0.39, 0.29) is 5.04 Å². The number of nitrogens with one attached hydrogen (secondary N) is 1. The Kier molecular flexibility index (Phi) is 6.19. The van der Waals surface area contributed by atoms with Crippen molar-refractivity contribution in [3.8, 4) is 0 Å². The van der Waals surface area contributed by atoms with Crippen LogP contribution in [-0.4, -0.2) is 32.7 Å². The van der Waals surface area contributed by atoms with Crippen molar-refractivity contribution in [1.29, 1.82) is 0 Å². The third-order valence-corrected chi connectivity index (χ3v) is 7.95. The molecule has 1 amide bonds. The SMILES string of the molecule is CC(CCNC(=O)O)CO[Si](C)(C)C(C)(C)C. The van der Waals surface area contributed by atoms with Crippen LogP contribution in [0.15, 0.2) is 0 Å². The minimum absolute atomic E-state index is 0.228. The van der Waals surface area contributed by atoms with E-state index in [1.54, 1.807) is 0 Å². The van der Waals surface area contributed by atoms with Crippen molar-refractivity contribution in [1.82, 2.24) is 5.32 Å². The molecule has 5 heteroatoms. The van der Waals surface area contributed by atoms with Crippen LogP contribution in [0.2, 0.25) is 18.1 Å². The molecule has 0 aliphatic heterocycles. The van der Waals surface area contributed by atoms with Gasteiger partial charge in [-0.05, 0) is 30.5 Å². The average molecular weight is 261 g/mol. The summed E-state index contributed by atoms with van der Waals surface area (Å²) in [5, 5.41) is 11.1. The summed E-state index contributed by atoms with van der Waals surface area (Å²) < 4.78 is 6.08. The molecule has 4 nitrogen and oxygen atoms in total. The highest BCUT2D eigenvalue weighted by molar-refractivity contribution is 6.74. The smallest absolute Gasteiger partial charge is 0.404 e. The summed E-state index contributed by atoms with van der Waals surface area (Å²) in [4.78, 5) is 10.3. The molecule has 102 valence electrons. The number of carbonyl (C=O) groups is 1. The molecule has 1 atom stereocenters. The van der Waals surface area contributed by atoms with Gasteiger partial charge in [-0.1, -0.05) is 27.7 Å². The van der Waals surface area contributed by atoms with E-state index in [1.165, 1.54) is 0 Å². The fourth-order valence-corrected chi connectivity index (χ4v) is 2.21. The lowest BCUT2D eigenvalue weighted by Gasteiger charge is -2.37. The molecule has 2 N–H and O–H groups in total. The van der Waals surface area contributed by atoms with Crippen molar-refractivity contribution < 1.29 is 14.3 Å². The maximum atomic E-state index is 10.3. The van der Waals surface area contributed by atoms with E-state index in [0.717, 1.165) is 13.0 Å². The summed E-state index contributed by atoms with van der Waals surface area (Å²) in [6.45, 7) is 14.4. The molecular formula is C12H27NO3Si. The zero-order valence-corrected chi connectivity index (χ0v) is 13.0. The normalized spacial score (nSPS) is 14.5. The first-order valence-electron chi connectivity index (χ1n) is 6.17. The van der Waals surface area contributed by atoms with Crippen LogP contribution in [0.5, 0.6) is 0 Å². The van der Waals surface area contributed by atoms with Crippen molar-refractivity contribution >= 4 is 14.4 Å². The third-order valence-electron chi connectivity index (χ3n) is 3.45. The Hall–Kier alpha value is -0.553. The second kappa shape index (κ2) is 6.40. The molecule has 0 saturated carbocycles. The number of hydrogen-bond donors (Lipinski definition) is 2. The maximum Gasteiger partial charge on any atom is 0.404 e. The largest absolute Gasteiger partial charge is 0.465 e. The van der Waals surface area contributed by atoms with E-state index in [0.29, 0.717) is 12.5 Å². The van der Waals surface area contributed by atoms with Crippen LogP contribution in [0.1, 0.15) is 34.1 Å². The highest BCUT2D eigenvalue weighted by Gasteiger charge is 2.37. The number of amides is 1. The second-order valence-electron chi connectivity index (χ2n) is 6.20. The average Bonchev–Trinajstić information content (AvgIpc) is 2.12. The lowest BCUT2D eigenvalue weighted by atomic mass is 10.1. The summed E-state index contributed by atoms with van der Waals surface area (Å²) in [6, 6.07) is 0. The molecule has 0 spiro atoms. The maximum absolute atomic E-state index is 10.3. The monoisotopic (exact) mass is 261 g/mol. The summed E-state index contributed by atoms with van der Waals surface area (Å²) in [6.07, 6.45) is -0.136. The van der Waals surface area contributed by atoms with Crippen LogP contribution >= 0.6 is 0 Å². The van der Waals surface area contributed by atoms with E-state index >= 15 is 0 Å². The van der Waals surface area contributed by atoms with Gasteiger partial charge in [0.1, 0.15) is 0 Å². The summed E-state index contributed by atoms with van der Waals surface area (Å²) in [5.74, 6) is 0.385. The minimum atomic E-state index is -1.67. The Labute approximate surface area is 106 Å². The molecule has 0 aromatic rings. The van der Waals surface area contributed by atoms with E-state index in [4.69, 9.17) is 9.53 Å². The van der Waals surface area contributed by atoms with Gasteiger partial charge < -0.3 is 14.8 Å². The van der Waals surface area contributed by atoms with Gasteiger partial charge >= 0.3 is 6.09 Å². The summed E-state index contributed by atoms with van der Waals surface area (Å²) >= 11 is 0. The molecule has 0 aliphatic carbocycles. The number of hydrogen-bond acceptors (Lipinski definition) is 2. The first kappa shape index (κ1) is 16.4. The highest BCUT2D eigenvalue weighted by Crippen LogP contribution is 2.36. The predicted molar refractivity (Wildman–Crippen MR) is 73.0 cm³/mol. The molecule has 0 aromatic heterocycles. The zero-order chi connectivity index (χ0) is 13.7. The molecule has 0 aromatic carbocycles. The topological polar surface area (TPSA) is 58.6 Å². The van der Waals surface area contributed by atoms with Gasteiger partial charge in [-0.2, -0.15) is 0 Å². The Bertz CT molecular complexity index is 249. The molecule has 0 fully saturated rings. The molecule has 17 heavy (non-hydrogen) atoms. The van der Waals surface area contributed by atoms with Crippen LogP contribution in [0, 0.1) is 5.92 Å². The van der Waals surface area contributed by atoms with Crippen LogP contribution in [-0.2, 0) is 4.43 Å². The molecule has 0 radical (unpaired) electrons. The minimum Gasteiger partial charge on any atom is -0.465 e. The molecule has 0 saturated heterocycles. The Balaban J connectivity index is 3.91. The highest BCUT2D eigenvalue weighted by atomic mass is 28.4. The van der Waals surface area contributed by atoms with Crippen LogP contribution in [0.3, 0.4) is 0 Å². The van der Waals surface area contributed by atoms with Gasteiger partial charge in [-0.25, -0.2) is 4.79 Å². The van der Waals surface area contributed by atoms with E-state index < -0.39 is 14.4 Å². The molecule has 0 bridgehead atoms. The van der Waals surface area contributed by atoms with Crippen molar-refractivity contribution in [2.45, 2.75) is 52.2 Å². The lowest BCUT2D eigenvalue weighted by molar-refractivity contribution is 0.191. The van der Waals surface area contributed by atoms with Gasteiger partial charge in [0.2, 0.25) is 0 Å². The van der Waals surface area contributed by atoms with Gasteiger partial charge in [-0.15, -0.1) is 0 Å². The summed E-state index contributed by atoms with van der Waals surface area (Å²) in [7, 11) is -1.67. The van der Waals surface area contributed by atoms with Gasteiger partial charge in [0, 0.05) is 13.2 Å². The predicted octanol–water partition coefficient (Wildman–Crippen LogP) is 3.30. The lowest BCUT2D eigenvalue weighted by Crippen LogP contribution is -2.42. The van der Waals surface area contributed by atoms with Gasteiger partial charge in [0.25, 0.3) is 0 Å². The van der Waals surface area contributed by atoms with Crippen molar-refractivity contribution in [3.63, 3.8) is 0 Å². The van der Waals surface area contributed by atoms with Gasteiger partial charge in [0.15, 0.2) is 8.32 Å². The summed E-state index contributed by atoms with van der Waals surface area (Å²) in [5.41, 5.74) is 0. The first-order valence-corrected chi connectivity index (χ1v) is 9.08. The van der Waals surface area contributed by atoms with Crippen molar-refractivity contribution in [2.24, 2.45) is 5.92 Å². The fourth-order valence-electron chi connectivity index (χ4n) is 1.08. The number of carboxylic acid groups (broad SMARTS) is 1. The van der Waals surface area contributed by atoms with Crippen molar-refractivity contribution in [2.75, 3.05) is 13.2 Å². The van der Waals surface area contributed by atoms with Gasteiger partial charge in [-0.3, -0.25) is 0 Å². The van der Waals surface area contributed by atoms with Crippen LogP contribution in [0.25, 0.3) is 0 Å². The number of rotatable bonds is 6. The van der Waals surface area contributed by atoms with E-state index in [2.05, 4.69) is 46.1 Å².